The molecule has 0 radical (unpaired) electrons. The number of ether oxygens (including phenoxy) is 2. The van der Waals surface area contributed by atoms with Crippen LogP contribution in [0.3, 0.4) is 0 Å². The number of aliphatic carboxylic acids is 1. The lowest BCUT2D eigenvalue weighted by molar-refractivity contribution is -0.140. The highest BCUT2D eigenvalue weighted by Crippen LogP contribution is 2.19. The first-order chi connectivity index (χ1) is 9.45. The maximum absolute atomic E-state index is 12.1. The summed E-state index contributed by atoms with van der Waals surface area (Å²) in [7, 11) is 1.37. The van der Waals surface area contributed by atoms with Gasteiger partial charge < -0.3 is 19.9 Å². The number of carboxylic acid groups (broad SMARTS) is 1. The van der Waals surface area contributed by atoms with Crippen molar-refractivity contribution < 1.29 is 24.2 Å². The van der Waals surface area contributed by atoms with Crippen molar-refractivity contribution in [2.75, 3.05) is 13.7 Å². The van der Waals surface area contributed by atoms with E-state index in [0.29, 0.717) is 11.3 Å². The number of benzene rings is 1. The van der Waals surface area contributed by atoms with Gasteiger partial charge in [0.15, 0.2) is 6.04 Å². The van der Waals surface area contributed by atoms with Crippen LogP contribution in [-0.4, -0.2) is 42.8 Å². The smallest absolute Gasteiger partial charge is 0.328 e. The molecule has 0 aromatic heterocycles. The summed E-state index contributed by atoms with van der Waals surface area (Å²) in [6.45, 7) is 3.59. The first kappa shape index (κ1) is 16.0. The Morgan fingerprint density at radius 3 is 2.50 bits per heavy atom. The highest BCUT2D eigenvalue weighted by molar-refractivity contribution is 5.98. The van der Waals surface area contributed by atoms with Crippen LogP contribution in [0.15, 0.2) is 24.3 Å². The summed E-state index contributed by atoms with van der Waals surface area (Å²) in [5, 5.41) is 11.4. The lowest BCUT2D eigenvalue weighted by Gasteiger charge is -2.16. The molecule has 0 bridgehead atoms. The summed E-state index contributed by atoms with van der Waals surface area (Å²) in [6.07, 6.45) is -0.0850. The molecule has 1 amide bonds. The second-order valence-electron chi connectivity index (χ2n) is 4.48. The minimum atomic E-state index is -1.15. The van der Waals surface area contributed by atoms with Gasteiger partial charge in [0, 0.05) is 7.11 Å². The first-order valence-corrected chi connectivity index (χ1v) is 6.24. The summed E-state index contributed by atoms with van der Waals surface area (Å²) < 4.78 is 10.3. The number of carbonyl (C=O) groups is 2. The summed E-state index contributed by atoms with van der Waals surface area (Å²) in [5.74, 6) is -1.24. The predicted molar refractivity (Wildman–Crippen MR) is 73.0 cm³/mol. The van der Waals surface area contributed by atoms with Crippen LogP contribution in [0.25, 0.3) is 0 Å². The molecule has 6 nitrogen and oxygen atoms in total. The molecule has 1 aromatic rings. The Morgan fingerprint density at radius 2 is 1.95 bits per heavy atom. The molecule has 1 aromatic carbocycles. The SMILES string of the molecule is COCC(NC(=O)c1ccccc1OC(C)C)C(=O)O. The maximum atomic E-state index is 12.1. The molecule has 0 spiro atoms. The lowest BCUT2D eigenvalue weighted by atomic mass is 10.1. The Labute approximate surface area is 117 Å². The molecule has 0 saturated heterocycles. The minimum Gasteiger partial charge on any atom is -0.490 e. The van der Waals surface area contributed by atoms with Gasteiger partial charge in [0.25, 0.3) is 5.91 Å². The first-order valence-electron chi connectivity index (χ1n) is 6.24. The van der Waals surface area contributed by atoms with E-state index in [-0.39, 0.29) is 12.7 Å². The molecule has 110 valence electrons. The Balaban J connectivity index is 2.88. The van der Waals surface area contributed by atoms with Crippen LogP contribution < -0.4 is 10.1 Å². The second kappa shape index (κ2) is 7.49. The predicted octanol–water partition coefficient (Wildman–Crippen LogP) is 1.30. The Morgan fingerprint density at radius 1 is 1.30 bits per heavy atom. The molecule has 6 heteroatoms. The third-order valence-corrected chi connectivity index (χ3v) is 2.43. The van der Waals surface area contributed by atoms with Gasteiger partial charge in [-0.25, -0.2) is 4.79 Å². The molecule has 0 aliphatic heterocycles. The molecule has 0 aliphatic rings. The van der Waals surface area contributed by atoms with Crippen molar-refractivity contribution in [3.8, 4) is 5.75 Å². The summed E-state index contributed by atoms with van der Waals surface area (Å²) >= 11 is 0. The number of para-hydroxylation sites is 1. The Kier molecular flexibility index (Phi) is 5.99. The van der Waals surface area contributed by atoms with Crippen LogP contribution in [0.1, 0.15) is 24.2 Å². The monoisotopic (exact) mass is 281 g/mol. The van der Waals surface area contributed by atoms with Gasteiger partial charge in [-0.15, -0.1) is 0 Å². The molecule has 0 heterocycles. The average Bonchev–Trinajstić information content (AvgIpc) is 2.37. The van der Waals surface area contributed by atoms with Gasteiger partial charge >= 0.3 is 5.97 Å². The highest BCUT2D eigenvalue weighted by atomic mass is 16.5. The highest BCUT2D eigenvalue weighted by Gasteiger charge is 2.22. The van der Waals surface area contributed by atoms with Crippen molar-refractivity contribution in [1.82, 2.24) is 5.32 Å². The molecule has 1 atom stereocenters. The molecular formula is C14H19NO5. The fourth-order valence-electron chi connectivity index (χ4n) is 1.59. The fraction of sp³-hybridized carbons (Fsp3) is 0.429. The van der Waals surface area contributed by atoms with Gasteiger partial charge in [-0.2, -0.15) is 0 Å². The summed E-state index contributed by atoms with van der Waals surface area (Å²) in [4.78, 5) is 23.1. The van der Waals surface area contributed by atoms with E-state index in [1.165, 1.54) is 7.11 Å². The summed E-state index contributed by atoms with van der Waals surface area (Å²) in [6, 6.07) is 5.59. The van der Waals surface area contributed by atoms with Crippen molar-refractivity contribution in [1.29, 1.82) is 0 Å². The van der Waals surface area contributed by atoms with Crippen molar-refractivity contribution in [2.45, 2.75) is 26.0 Å². The van der Waals surface area contributed by atoms with Gasteiger partial charge in [-0.05, 0) is 26.0 Å². The van der Waals surface area contributed by atoms with E-state index in [2.05, 4.69) is 5.32 Å². The normalized spacial score (nSPS) is 12.0. The molecule has 0 saturated carbocycles. The van der Waals surface area contributed by atoms with Gasteiger partial charge in [0.05, 0.1) is 18.3 Å². The molecule has 1 rings (SSSR count). The van der Waals surface area contributed by atoms with Crippen LogP contribution in [0.4, 0.5) is 0 Å². The van der Waals surface area contributed by atoms with Gasteiger partial charge in [-0.3, -0.25) is 4.79 Å². The van der Waals surface area contributed by atoms with Gasteiger partial charge in [0.1, 0.15) is 5.75 Å². The largest absolute Gasteiger partial charge is 0.490 e. The van der Waals surface area contributed by atoms with Crippen molar-refractivity contribution in [2.24, 2.45) is 0 Å². The van der Waals surface area contributed by atoms with Crippen LogP contribution in [0, 0.1) is 0 Å². The second-order valence-corrected chi connectivity index (χ2v) is 4.48. The lowest BCUT2D eigenvalue weighted by Crippen LogP contribution is -2.43. The maximum Gasteiger partial charge on any atom is 0.328 e. The zero-order valence-corrected chi connectivity index (χ0v) is 11.8. The van der Waals surface area contributed by atoms with E-state index in [1.54, 1.807) is 24.3 Å². The molecular weight excluding hydrogens is 262 g/mol. The minimum absolute atomic E-state index is 0.0850. The summed E-state index contributed by atoms with van der Waals surface area (Å²) in [5.41, 5.74) is 0.295. The zero-order valence-electron chi connectivity index (χ0n) is 11.8. The average molecular weight is 281 g/mol. The zero-order chi connectivity index (χ0) is 15.1. The van der Waals surface area contributed by atoms with E-state index in [0.717, 1.165) is 0 Å². The number of hydrogen-bond acceptors (Lipinski definition) is 4. The molecule has 20 heavy (non-hydrogen) atoms. The van der Waals surface area contributed by atoms with E-state index in [4.69, 9.17) is 14.6 Å². The van der Waals surface area contributed by atoms with Gasteiger partial charge in [0.2, 0.25) is 0 Å². The molecule has 2 N–H and O–H groups in total. The van der Waals surface area contributed by atoms with E-state index in [9.17, 15) is 9.59 Å². The third-order valence-electron chi connectivity index (χ3n) is 2.43. The fourth-order valence-corrected chi connectivity index (χ4v) is 1.59. The van der Waals surface area contributed by atoms with Crippen molar-refractivity contribution >= 4 is 11.9 Å². The topological polar surface area (TPSA) is 84.9 Å². The van der Waals surface area contributed by atoms with E-state index in [1.807, 2.05) is 13.8 Å². The molecule has 1 unspecified atom stereocenters. The Hall–Kier alpha value is -2.08. The number of carboxylic acids is 1. The quantitative estimate of drug-likeness (QED) is 0.787. The van der Waals surface area contributed by atoms with Crippen LogP contribution in [-0.2, 0) is 9.53 Å². The number of hydrogen-bond donors (Lipinski definition) is 2. The third kappa shape index (κ3) is 4.55. The van der Waals surface area contributed by atoms with Crippen molar-refractivity contribution in [3.63, 3.8) is 0 Å². The van der Waals surface area contributed by atoms with Crippen LogP contribution >= 0.6 is 0 Å². The standard InChI is InChI=1S/C14H19NO5/c1-9(2)20-12-7-5-4-6-10(12)13(16)15-11(8-19-3)14(17)18/h4-7,9,11H,8H2,1-3H3,(H,15,16)(H,17,18). The van der Waals surface area contributed by atoms with Crippen LogP contribution in [0.5, 0.6) is 5.75 Å². The van der Waals surface area contributed by atoms with Gasteiger partial charge in [-0.1, -0.05) is 12.1 Å². The number of carbonyl (C=O) groups excluding carboxylic acids is 1. The van der Waals surface area contributed by atoms with E-state index < -0.39 is 17.9 Å². The number of rotatable bonds is 7. The molecule has 0 fully saturated rings. The van der Waals surface area contributed by atoms with E-state index >= 15 is 0 Å². The number of nitrogens with one attached hydrogen (secondary N) is 1. The number of methoxy groups -OCH3 is 1. The number of amides is 1. The van der Waals surface area contributed by atoms with Crippen molar-refractivity contribution in [3.05, 3.63) is 29.8 Å². The van der Waals surface area contributed by atoms with Crippen LogP contribution in [0.2, 0.25) is 0 Å². The Bertz CT molecular complexity index is 472. The molecule has 0 aliphatic carbocycles.